The van der Waals surface area contributed by atoms with Crippen molar-refractivity contribution in [3.05, 3.63) is 29.8 Å². The number of hydrogen-bond donors (Lipinski definition) is 1. The lowest BCUT2D eigenvalue weighted by molar-refractivity contribution is 0.742. The molecule has 0 atom stereocenters. The summed E-state index contributed by atoms with van der Waals surface area (Å²) in [4.78, 5) is 2.53. The van der Waals surface area contributed by atoms with E-state index in [0.29, 0.717) is 0 Å². The van der Waals surface area contributed by atoms with Crippen molar-refractivity contribution in [1.29, 1.82) is 0 Å². The van der Waals surface area contributed by atoms with Gasteiger partial charge in [-0.25, -0.2) is 0 Å². The predicted molar refractivity (Wildman–Crippen MR) is 69.9 cm³/mol. The van der Waals surface area contributed by atoms with Gasteiger partial charge in [-0.05, 0) is 50.3 Å². The van der Waals surface area contributed by atoms with Crippen molar-refractivity contribution in [2.75, 3.05) is 24.5 Å². The Morgan fingerprint density at radius 3 is 2.56 bits per heavy atom. The maximum atomic E-state index is 5.54. The molecule has 0 spiro atoms. The lowest BCUT2D eigenvalue weighted by Gasteiger charge is -2.21. The molecule has 0 aromatic heterocycles. The van der Waals surface area contributed by atoms with Gasteiger partial charge in [0.1, 0.15) is 0 Å². The summed E-state index contributed by atoms with van der Waals surface area (Å²) in [5.74, 6) is 0. The quantitative estimate of drug-likeness (QED) is 0.770. The first-order valence-electron chi connectivity index (χ1n) is 6.45. The molecule has 2 nitrogen and oxygen atoms in total. The van der Waals surface area contributed by atoms with E-state index in [0.717, 1.165) is 13.0 Å². The van der Waals surface area contributed by atoms with Gasteiger partial charge in [-0.3, -0.25) is 0 Å². The summed E-state index contributed by atoms with van der Waals surface area (Å²) in [5, 5.41) is 0. The molecule has 0 aliphatic carbocycles. The lowest BCUT2D eigenvalue weighted by atomic mass is 10.1. The summed E-state index contributed by atoms with van der Waals surface area (Å²) >= 11 is 0. The van der Waals surface area contributed by atoms with Crippen molar-refractivity contribution in [2.24, 2.45) is 5.73 Å². The largest absolute Gasteiger partial charge is 0.371 e. The summed E-state index contributed by atoms with van der Waals surface area (Å²) in [7, 11) is 0. The summed E-state index contributed by atoms with van der Waals surface area (Å²) in [5.41, 5.74) is 8.50. The third-order valence-corrected chi connectivity index (χ3v) is 3.34. The molecule has 2 rings (SSSR count). The Morgan fingerprint density at radius 2 is 1.81 bits per heavy atom. The molecule has 1 aliphatic heterocycles. The van der Waals surface area contributed by atoms with Gasteiger partial charge in [0.25, 0.3) is 0 Å². The molecule has 0 unspecified atom stereocenters. The first-order chi connectivity index (χ1) is 7.92. The van der Waals surface area contributed by atoms with Crippen molar-refractivity contribution in [2.45, 2.75) is 32.1 Å². The SMILES string of the molecule is NCCCCc1ccccc1N1CCCC1. The Hall–Kier alpha value is -1.02. The van der Waals surface area contributed by atoms with E-state index in [-0.39, 0.29) is 0 Å². The van der Waals surface area contributed by atoms with Crippen molar-refractivity contribution in [3.8, 4) is 0 Å². The average Bonchev–Trinajstić information content (AvgIpc) is 2.83. The van der Waals surface area contributed by atoms with Crippen LogP contribution in [0.1, 0.15) is 31.2 Å². The first kappa shape index (κ1) is 11.5. The van der Waals surface area contributed by atoms with E-state index in [1.54, 1.807) is 0 Å². The molecule has 2 N–H and O–H groups in total. The highest BCUT2D eigenvalue weighted by molar-refractivity contribution is 5.54. The second kappa shape index (κ2) is 5.90. The van der Waals surface area contributed by atoms with Crippen LogP contribution in [-0.2, 0) is 6.42 Å². The number of anilines is 1. The maximum absolute atomic E-state index is 5.54. The molecule has 1 saturated heterocycles. The zero-order valence-electron chi connectivity index (χ0n) is 9.99. The van der Waals surface area contributed by atoms with Crippen LogP contribution in [0.4, 0.5) is 5.69 Å². The number of rotatable bonds is 5. The van der Waals surface area contributed by atoms with Crippen molar-refractivity contribution in [1.82, 2.24) is 0 Å². The number of hydrogen-bond acceptors (Lipinski definition) is 2. The normalized spacial score (nSPS) is 15.7. The van der Waals surface area contributed by atoms with Crippen LogP contribution in [0.15, 0.2) is 24.3 Å². The number of benzene rings is 1. The van der Waals surface area contributed by atoms with Gasteiger partial charge in [0.2, 0.25) is 0 Å². The number of aryl methyl sites for hydroxylation is 1. The molecular formula is C14H22N2. The van der Waals surface area contributed by atoms with E-state index in [1.807, 2.05) is 0 Å². The smallest absolute Gasteiger partial charge is 0.0398 e. The number of nitrogens with two attached hydrogens (primary N) is 1. The minimum atomic E-state index is 0.811. The second-order valence-electron chi connectivity index (χ2n) is 4.57. The highest BCUT2D eigenvalue weighted by atomic mass is 15.1. The van der Waals surface area contributed by atoms with Crippen LogP contribution < -0.4 is 10.6 Å². The topological polar surface area (TPSA) is 29.3 Å². The highest BCUT2D eigenvalue weighted by Gasteiger charge is 2.14. The molecule has 1 heterocycles. The van der Waals surface area contributed by atoms with Gasteiger partial charge in [0.15, 0.2) is 0 Å². The van der Waals surface area contributed by atoms with Gasteiger partial charge < -0.3 is 10.6 Å². The molecule has 16 heavy (non-hydrogen) atoms. The van der Waals surface area contributed by atoms with Gasteiger partial charge in [-0.2, -0.15) is 0 Å². The Kier molecular flexibility index (Phi) is 4.23. The zero-order chi connectivity index (χ0) is 11.2. The van der Waals surface area contributed by atoms with Crippen LogP contribution in [-0.4, -0.2) is 19.6 Å². The Morgan fingerprint density at radius 1 is 1.06 bits per heavy atom. The number of nitrogens with zero attached hydrogens (tertiary/aromatic N) is 1. The van der Waals surface area contributed by atoms with Gasteiger partial charge in [0, 0.05) is 18.8 Å². The summed E-state index contributed by atoms with van der Waals surface area (Å²) in [6, 6.07) is 8.84. The summed E-state index contributed by atoms with van der Waals surface area (Å²) in [6.45, 7) is 3.27. The molecule has 0 saturated carbocycles. The van der Waals surface area contributed by atoms with Crippen molar-refractivity contribution in [3.63, 3.8) is 0 Å². The molecule has 1 aromatic carbocycles. The Balaban J connectivity index is 2.04. The Bertz CT molecular complexity index is 316. The fraction of sp³-hybridized carbons (Fsp3) is 0.571. The molecule has 0 amide bonds. The van der Waals surface area contributed by atoms with Gasteiger partial charge >= 0.3 is 0 Å². The summed E-state index contributed by atoms with van der Waals surface area (Å²) in [6.07, 6.45) is 6.20. The molecule has 1 aromatic rings. The second-order valence-corrected chi connectivity index (χ2v) is 4.57. The molecule has 88 valence electrons. The molecule has 1 fully saturated rings. The van der Waals surface area contributed by atoms with Crippen LogP contribution in [0, 0.1) is 0 Å². The van der Waals surface area contributed by atoms with Gasteiger partial charge in [-0.15, -0.1) is 0 Å². The summed E-state index contributed by atoms with van der Waals surface area (Å²) < 4.78 is 0. The van der Waals surface area contributed by atoms with Crippen LogP contribution >= 0.6 is 0 Å². The molecule has 2 heteroatoms. The number of unbranched alkanes of at least 4 members (excludes halogenated alkanes) is 1. The van der Waals surface area contributed by atoms with Gasteiger partial charge in [0.05, 0.1) is 0 Å². The standard InChI is InChI=1S/C14H22N2/c15-10-4-3-8-13-7-1-2-9-14(13)16-11-5-6-12-16/h1-2,7,9H,3-6,8,10-12,15H2. The van der Waals surface area contributed by atoms with E-state index < -0.39 is 0 Å². The van der Waals surface area contributed by atoms with Crippen LogP contribution in [0.5, 0.6) is 0 Å². The lowest BCUT2D eigenvalue weighted by Crippen LogP contribution is -2.19. The van der Waals surface area contributed by atoms with E-state index in [9.17, 15) is 0 Å². The van der Waals surface area contributed by atoms with E-state index in [1.165, 1.54) is 50.0 Å². The minimum Gasteiger partial charge on any atom is -0.371 e. The van der Waals surface area contributed by atoms with Crippen LogP contribution in [0.2, 0.25) is 0 Å². The molecule has 1 aliphatic rings. The van der Waals surface area contributed by atoms with E-state index in [4.69, 9.17) is 5.73 Å². The van der Waals surface area contributed by atoms with Crippen molar-refractivity contribution < 1.29 is 0 Å². The molecule has 0 bridgehead atoms. The molecule has 0 radical (unpaired) electrons. The fourth-order valence-electron chi connectivity index (χ4n) is 2.45. The van der Waals surface area contributed by atoms with Crippen LogP contribution in [0.3, 0.4) is 0 Å². The highest BCUT2D eigenvalue weighted by Crippen LogP contribution is 2.25. The predicted octanol–water partition coefficient (Wildman–Crippen LogP) is 2.57. The molecular weight excluding hydrogens is 196 g/mol. The Labute approximate surface area is 98.4 Å². The maximum Gasteiger partial charge on any atom is 0.0398 e. The van der Waals surface area contributed by atoms with E-state index in [2.05, 4.69) is 29.2 Å². The third-order valence-electron chi connectivity index (χ3n) is 3.34. The average molecular weight is 218 g/mol. The first-order valence-corrected chi connectivity index (χ1v) is 6.45. The third kappa shape index (κ3) is 2.76. The van der Waals surface area contributed by atoms with Crippen LogP contribution in [0.25, 0.3) is 0 Å². The zero-order valence-corrected chi connectivity index (χ0v) is 9.99. The number of para-hydroxylation sites is 1. The fourth-order valence-corrected chi connectivity index (χ4v) is 2.45. The van der Waals surface area contributed by atoms with Gasteiger partial charge in [-0.1, -0.05) is 18.2 Å². The monoisotopic (exact) mass is 218 g/mol. The minimum absolute atomic E-state index is 0.811. The van der Waals surface area contributed by atoms with E-state index >= 15 is 0 Å². The van der Waals surface area contributed by atoms with Crippen molar-refractivity contribution >= 4 is 5.69 Å².